The number of nitriles is 1. The first-order valence-corrected chi connectivity index (χ1v) is 6.77. The van der Waals surface area contributed by atoms with Crippen LogP contribution in [0.15, 0.2) is 39.2 Å². The Bertz CT molecular complexity index is 1010. The molecule has 0 saturated heterocycles. The SMILES string of the molecule is COc1ccc(O)c(C2C(C#N)=C(N)Oc3[nH]c(=O)[nH]c(=O)c32)c1. The zero-order valence-electron chi connectivity index (χ0n) is 12.4. The highest BCUT2D eigenvalue weighted by Crippen LogP contribution is 2.42. The topological polar surface area (TPSA) is 154 Å². The van der Waals surface area contributed by atoms with E-state index in [0.29, 0.717) is 5.75 Å². The maximum Gasteiger partial charge on any atom is 0.328 e. The normalized spacial score (nSPS) is 16.1. The number of phenolic OH excluding ortho intramolecular Hbond substituents is 1. The lowest BCUT2D eigenvalue weighted by molar-refractivity contribution is 0.371. The predicted molar refractivity (Wildman–Crippen MR) is 81.6 cm³/mol. The van der Waals surface area contributed by atoms with Crippen LogP contribution in [0.1, 0.15) is 17.0 Å². The summed E-state index contributed by atoms with van der Waals surface area (Å²) in [7, 11) is 1.44. The number of H-pyrrole nitrogens is 2. The molecule has 1 aliphatic heterocycles. The van der Waals surface area contributed by atoms with Crippen molar-refractivity contribution in [3.63, 3.8) is 0 Å². The van der Waals surface area contributed by atoms with Gasteiger partial charge in [-0.15, -0.1) is 0 Å². The van der Waals surface area contributed by atoms with E-state index >= 15 is 0 Å². The fourth-order valence-corrected chi connectivity index (χ4v) is 2.59. The van der Waals surface area contributed by atoms with Gasteiger partial charge in [0.2, 0.25) is 11.8 Å². The van der Waals surface area contributed by atoms with Crippen molar-refractivity contribution in [2.24, 2.45) is 5.73 Å². The summed E-state index contributed by atoms with van der Waals surface area (Å²) in [4.78, 5) is 28.1. The Kier molecular flexibility index (Phi) is 3.50. The Morgan fingerprint density at radius 2 is 2.12 bits per heavy atom. The number of rotatable bonds is 2. The third kappa shape index (κ3) is 2.26. The molecule has 9 nitrogen and oxygen atoms in total. The number of hydrogen-bond donors (Lipinski definition) is 4. The van der Waals surface area contributed by atoms with Crippen LogP contribution in [-0.4, -0.2) is 22.2 Å². The van der Waals surface area contributed by atoms with Gasteiger partial charge in [0.15, 0.2) is 0 Å². The molecular formula is C15H12N4O5. The summed E-state index contributed by atoms with van der Waals surface area (Å²) >= 11 is 0. The molecule has 2 heterocycles. The fourth-order valence-electron chi connectivity index (χ4n) is 2.59. The molecule has 9 heteroatoms. The molecule has 0 saturated carbocycles. The summed E-state index contributed by atoms with van der Waals surface area (Å²) in [5, 5.41) is 19.6. The summed E-state index contributed by atoms with van der Waals surface area (Å²) in [5.41, 5.74) is 4.33. The number of nitrogens with zero attached hydrogens (tertiary/aromatic N) is 1. The molecular weight excluding hydrogens is 316 g/mol. The molecule has 0 spiro atoms. The lowest BCUT2D eigenvalue weighted by Crippen LogP contribution is -2.33. The molecule has 1 aromatic carbocycles. The van der Waals surface area contributed by atoms with Gasteiger partial charge in [0.05, 0.1) is 18.6 Å². The first-order chi connectivity index (χ1) is 11.5. The van der Waals surface area contributed by atoms with E-state index in [0.717, 1.165) is 0 Å². The van der Waals surface area contributed by atoms with Gasteiger partial charge in [0.1, 0.15) is 23.1 Å². The van der Waals surface area contributed by atoms with E-state index in [9.17, 15) is 20.0 Å². The largest absolute Gasteiger partial charge is 0.508 e. The second-order valence-electron chi connectivity index (χ2n) is 5.00. The minimum Gasteiger partial charge on any atom is -0.508 e. The van der Waals surface area contributed by atoms with E-state index in [4.69, 9.17) is 15.2 Å². The summed E-state index contributed by atoms with van der Waals surface area (Å²) in [6.45, 7) is 0. The molecule has 1 aliphatic rings. The van der Waals surface area contributed by atoms with Crippen molar-refractivity contribution in [3.05, 3.63) is 61.6 Å². The summed E-state index contributed by atoms with van der Waals surface area (Å²) in [5.74, 6) is -1.22. The molecule has 0 fully saturated rings. The van der Waals surface area contributed by atoms with E-state index in [2.05, 4.69) is 9.97 Å². The number of phenols is 1. The molecule has 0 bridgehead atoms. The zero-order chi connectivity index (χ0) is 17.4. The van der Waals surface area contributed by atoms with Crippen LogP contribution < -0.4 is 26.5 Å². The number of aromatic hydroxyl groups is 1. The molecule has 5 N–H and O–H groups in total. The number of aromatic nitrogens is 2. The zero-order valence-corrected chi connectivity index (χ0v) is 12.4. The van der Waals surface area contributed by atoms with Crippen molar-refractivity contribution in [3.8, 4) is 23.4 Å². The first kappa shape index (κ1) is 15.2. The Balaban J connectivity index is 2.36. The number of ether oxygens (including phenoxy) is 2. The number of methoxy groups -OCH3 is 1. The standard InChI is InChI=1S/C15H12N4O5/c1-23-6-2-3-9(20)7(4-6)10-8(5-16)12(17)24-14-11(10)13(21)18-15(22)19-14/h2-4,10,20H,17H2,1H3,(H2,18,19,21,22). The van der Waals surface area contributed by atoms with Gasteiger partial charge in [-0.1, -0.05) is 0 Å². The molecule has 122 valence electrons. The number of benzene rings is 1. The Morgan fingerprint density at radius 1 is 1.38 bits per heavy atom. The number of fused-ring (bicyclic) bond motifs is 1. The number of allylic oxidation sites excluding steroid dienone is 1. The number of nitrogens with two attached hydrogens (primary N) is 1. The van der Waals surface area contributed by atoms with Crippen LogP contribution >= 0.6 is 0 Å². The minimum atomic E-state index is -1.02. The van der Waals surface area contributed by atoms with Gasteiger partial charge in [-0.3, -0.25) is 14.8 Å². The van der Waals surface area contributed by atoms with Crippen molar-refractivity contribution < 1.29 is 14.6 Å². The van der Waals surface area contributed by atoms with Gasteiger partial charge in [-0.05, 0) is 18.2 Å². The van der Waals surface area contributed by atoms with Crippen LogP contribution in [0.5, 0.6) is 17.4 Å². The quantitative estimate of drug-likeness (QED) is 0.604. The second-order valence-corrected chi connectivity index (χ2v) is 5.00. The summed E-state index contributed by atoms with van der Waals surface area (Å²) in [6, 6.07) is 6.25. The molecule has 1 atom stereocenters. The Hall–Kier alpha value is -3.67. The maximum absolute atomic E-state index is 12.3. The van der Waals surface area contributed by atoms with Crippen molar-refractivity contribution >= 4 is 0 Å². The Labute approximate surface area is 134 Å². The monoisotopic (exact) mass is 328 g/mol. The van der Waals surface area contributed by atoms with E-state index in [1.807, 2.05) is 6.07 Å². The van der Waals surface area contributed by atoms with Crippen molar-refractivity contribution in [1.29, 1.82) is 5.26 Å². The van der Waals surface area contributed by atoms with E-state index in [1.165, 1.54) is 25.3 Å². The Morgan fingerprint density at radius 3 is 2.79 bits per heavy atom. The maximum atomic E-state index is 12.3. The van der Waals surface area contributed by atoms with Crippen LogP contribution in [0.4, 0.5) is 0 Å². The minimum absolute atomic E-state index is 0.0381. The molecule has 24 heavy (non-hydrogen) atoms. The van der Waals surface area contributed by atoms with Gasteiger partial charge in [-0.25, -0.2) is 4.79 Å². The molecule has 3 rings (SSSR count). The molecule has 0 amide bonds. The highest BCUT2D eigenvalue weighted by atomic mass is 16.5. The average Bonchev–Trinajstić information content (AvgIpc) is 2.53. The predicted octanol–water partition coefficient (Wildman–Crippen LogP) is -0.00442. The van der Waals surface area contributed by atoms with Gasteiger partial charge >= 0.3 is 5.69 Å². The molecule has 1 unspecified atom stereocenters. The van der Waals surface area contributed by atoms with Crippen molar-refractivity contribution in [2.75, 3.05) is 7.11 Å². The lowest BCUT2D eigenvalue weighted by atomic mass is 9.84. The molecule has 0 aliphatic carbocycles. The van der Waals surface area contributed by atoms with E-state index in [1.54, 1.807) is 0 Å². The number of aromatic amines is 2. The van der Waals surface area contributed by atoms with Crippen LogP contribution in [0, 0.1) is 11.3 Å². The van der Waals surface area contributed by atoms with Crippen LogP contribution in [0.2, 0.25) is 0 Å². The smallest absolute Gasteiger partial charge is 0.328 e. The number of nitrogens with one attached hydrogen (secondary N) is 2. The average molecular weight is 328 g/mol. The number of hydrogen-bond acceptors (Lipinski definition) is 7. The third-order valence-corrected chi connectivity index (χ3v) is 3.66. The molecule has 0 radical (unpaired) electrons. The van der Waals surface area contributed by atoms with E-state index in [-0.39, 0.29) is 34.2 Å². The fraction of sp³-hybridized carbons (Fsp3) is 0.133. The van der Waals surface area contributed by atoms with Gasteiger partial charge in [0, 0.05) is 5.56 Å². The highest BCUT2D eigenvalue weighted by Gasteiger charge is 2.35. The van der Waals surface area contributed by atoms with Gasteiger partial charge in [0.25, 0.3) is 5.56 Å². The summed E-state index contributed by atoms with van der Waals surface area (Å²) in [6.07, 6.45) is 0. The molecule has 2 aromatic rings. The van der Waals surface area contributed by atoms with Gasteiger partial charge < -0.3 is 20.3 Å². The summed E-state index contributed by atoms with van der Waals surface area (Å²) < 4.78 is 10.3. The highest BCUT2D eigenvalue weighted by molar-refractivity contribution is 5.57. The van der Waals surface area contributed by atoms with Gasteiger partial charge in [-0.2, -0.15) is 5.26 Å². The van der Waals surface area contributed by atoms with Crippen molar-refractivity contribution in [2.45, 2.75) is 5.92 Å². The molecule has 1 aromatic heterocycles. The first-order valence-electron chi connectivity index (χ1n) is 6.77. The second kappa shape index (κ2) is 5.51. The van der Waals surface area contributed by atoms with Crippen LogP contribution in [0.3, 0.4) is 0 Å². The van der Waals surface area contributed by atoms with Crippen molar-refractivity contribution in [1.82, 2.24) is 9.97 Å². The lowest BCUT2D eigenvalue weighted by Gasteiger charge is -2.25. The van der Waals surface area contributed by atoms with E-state index < -0.39 is 17.2 Å². The van der Waals surface area contributed by atoms with Crippen LogP contribution in [-0.2, 0) is 0 Å². The third-order valence-electron chi connectivity index (χ3n) is 3.66. The van der Waals surface area contributed by atoms with Crippen LogP contribution in [0.25, 0.3) is 0 Å².